The van der Waals surface area contributed by atoms with Gasteiger partial charge in [-0.15, -0.1) is 0 Å². The van der Waals surface area contributed by atoms with Gasteiger partial charge < -0.3 is 5.32 Å². The highest BCUT2D eigenvalue weighted by molar-refractivity contribution is 6.30. The molecule has 1 heterocycles. The fourth-order valence-corrected chi connectivity index (χ4v) is 2.31. The smallest absolute Gasteiger partial charge is 0.251 e. The van der Waals surface area contributed by atoms with E-state index in [1.54, 1.807) is 24.3 Å². The number of amides is 2. The van der Waals surface area contributed by atoms with Gasteiger partial charge in [0, 0.05) is 10.6 Å². The quantitative estimate of drug-likeness (QED) is 0.869. The molecule has 0 saturated carbocycles. The van der Waals surface area contributed by atoms with E-state index in [1.807, 2.05) is 20.8 Å². The Balaban J connectivity index is 2.19. The summed E-state index contributed by atoms with van der Waals surface area (Å²) in [6.07, 6.45) is 1.08. The number of benzene rings is 1. The summed E-state index contributed by atoms with van der Waals surface area (Å²) < 4.78 is 0. The van der Waals surface area contributed by atoms with Gasteiger partial charge in [0.05, 0.1) is 18.2 Å². The van der Waals surface area contributed by atoms with E-state index in [2.05, 4.69) is 5.32 Å². The van der Waals surface area contributed by atoms with E-state index in [0.29, 0.717) is 10.7 Å². The zero-order valence-corrected chi connectivity index (χ0v) is 12.7. The van der Waals surface area contributed by atoms with Crippen molar-refractivity contribution >= 4 is 29.1 Å². The number of nitrogens with one attached hydrogen (secondary N) is 1. The third kappa shape index (κ3) is 3.02. The molecule has 2 amide bonds. The Hall–Kier alpha value is -1.39. The number of imide groups is 1. The van der Waals surface area contributed by atoms with Crippen molar-refractivity contribution in [3.8, 4) is 0 Å². The van der Waals surface area contributed by atoms with Gasteiger partial charge in [0.2, 0.25) is 5.91 Å². The van der Waals surface area contributed by atoms with Crippen molar-refractivity contribution in [2.45, 2.75) is 45.2 Å². The molecule has 1 aromatic carbocycles. The molecule has 1 N–H and O–H groups in total. The molecule has 0 bridgehead atoms. The molecule has 0 spiro atoms. The molecule has 0 radical (unpaired) electrons. The topological polar surface area (TPSA) is 49.4 Å². The van der Waals surface area contributed by atoms with Crippen molar-refractivity contribution in [1.82, 2.24) is 5.32 Å². The van der Waals surface area contributed by atoms with E-state index in [0.717, 1.165) is 6.42 Å². The van der Waals surface area contributed by atoms with Crippen molar-refractivity contribution in [2.24, 2.45) is 0 Å². The second kappa shape index (κ2) is 5.54. The monoisotopic (exact) mass is 294 g/mol. The molecule has 108 valence electrons. The molecular formula is C15H19ClN2O2. The minimum absolute atomic E-state index is 0.170. The highest BCUT2D eigenvalue weighted by Gasteiger charge is 2.41. The summed E-state index contributed by atoms with van der Waals surface area (Å²) in [7, 11) is 0. The van der Waals surface area contributed by atoms with Crippen LogP contribution in [0.5, 0.6) is 0 Å². The van der Waals surface area contributed by atoms with Crippen LogP contribution in [0.15, 0.2) is 24.3 Å². The predicted octanol–water partition coefficient (Wildman–Crippen LogP) is 2.75. The van der Waals surface area contributed by atoms with E-state index >= 15 is 0 Å². The summed E-state index contributed by atoms with van der Waals surface area (Å²) in [5.41, 5.74) is 0.402. The number of nitrogens with zero attached hydrogens (tertiary/aromatic N) is 1. The van der Waals surface area contributed by atoms with Crippen molar-refractivity contribution in [3.05, 3.63) is 29.3 Å². The van der Waals surface area contributed by atoms with Gasteiger partial charge in [-0.2, -0.15) is 0 Å². The Morgan fingerprint density at radius 2 is 1.90 bits per heavy atom. The second-order valence-corrected chi connectivity index (χ2v) is 6.12. The van der Waals surface area contributed by atoms with Crippen LogP contribution in [-0.4, -0.2) is 23.4 Å². The van der Waals surface area contributed by atoms with Gasteiger partial charge >= 0.3 is 0 Å². The Labute approximate surface area is 124 Å². The summed E-state index contributed by atoms with van der Waals surface area (Å²) in [6.45, 7) is 6.09. The summed E-state index contributed by atoms with van der Waals surface area (Å²) in [6, 6.07) is 6.27. The minimum atomic E-state index is -0.451. The lowest BCUT2D eigenvalue weighted by atomic mass is 10.00. The number of hydrogen-bond donors (Lipinski definition) is 1. The number of carbonyl (C=O) groups excluding carboxylic acids is 2. The van der Waals surface area contributed by atoms with Crippen LogP contribution < -0.4 is 10.2 Å². The van der Waals surface area contributed by atoms with Crippen LogP contribution in [0.3, 0.4) is 0 Å². The van der Waals surface area contributed by atoms with E-state index in [-0.39, 0.29) is 23.8 Å². The van der Waals surface area contributed by atoms with Gasteiger partial charge in [0.15, 0.2) is 0 Å². The maximum atomic E-state index is 12.4. The van der Waals surface area contributed by atoms with Crippen LogP contribution in [-0.2, 0) is 9.59 Å². The maximum absolute atomic E-state index is 12.4. The van der Waals surface area contributed by atoms with Gasteiger partial charge in [-0.3, -0.25) is 9.59 Å². The summed E-state index contributed by atoms with van der Waals surface area (Å²) in [5, 5.41) is 3.84. The molecule has 0 aromatic heterocycles. The SMILES string of the molecule is CCC(C)(C)NC1CC(=O)N(c2ccc(Cl)cc2)C1=O. The molecule has 5 heteroatoms. The molecule has 1 unspecified atom stereocenters. The van der Waals surface area contributed by atoms with Crippen LogP contribution in [0.25, 0.3) is 0 Å². The molecule has 4 nitrogen and oxygen atoms in total. The molecule has 1 saturated heterocycles. The van der Waals surface area contributed by atoms with E-state index in [1.165, 1.54) is 4.90 Å². The predicted molar refractivity (Wildman–Crippen MR) is 79.9 cm³/mol. The second-order valence-electron chi connectivity index (χ2n) is 5.68. The first-order valence-corrected chi connectivity index (χ1v) is 7.12. The average Bonchev–Trinajstić information content (AvgIpc) is 2.65. The fraction of sp³-hybridized carbons (Fsp3) is 0.467. The standard InChI is InChI=1S/C15H19ClN2O2/c1-4-15(2,3)17-12-9-13(19)18(14(12)20)11-7-5-10(16)6-8-11/h5-8,12,17H,4,9H2,1-3H3. The summed E-state index contributed by atoms with van der Waals surface area (Å²) in [4.78, 5) is 25.7. The molecule has 1 aliphatic heterocycles. The lowest BCUT2D eigenvalue weighted by molar-refractivity contribution is -0.121. The van der Waals surface area contributed by atoms with E-state index < -0.39 is 6.04 Å². The number of hydrogen-bond acceptors (Lipinski definition) is 3. The van der Waals surface area contributed by atoms with Crippen LogP contribution in [0.4, 0.5) is 5.69 Å². The normalized spacial score (nSPS) is 19.8. The van der Waals surface area contributed by atoms with Crippen molar-refractivity contribution in [3.63, 3.8) is 0 Å². The van der Waals surface area contributed by atoms with Gasteiger partial charge in [-0.25, -0.2) is 4.90 Å². The van der Waals surface area contributed by atoms with Gasteiger partial charge in [-0.05, 0) is 44.5 Å². The number of halogens is 1. The Morgan fingerprint density at radius 1 is 1.30 bits per heavy atom. The third-order valence-corrected chi connectivity index (χ3v) is 3.93. The first-order valence-electron chi connectivity index (χ1n) is 6.74. The van der Waals surface area contributed by atoms with Crippen LogP contribution >= 0.6 is 11.6 Å². The largest absolute Gasteiger partial charge is 0.300 e. The third-order valence-electron chi connectivity index (χ3n) is 3.68. The molecule has 1 aromatic rings. The van der Waals surface area contributed by atoms with Crippen molar-refractivity contribution in [2.75, 3.05) is 4.90 Å². The molecule has 1 atom stereocenters. The molecule has 1 aliphatic rings. The number of rotatable bonds is 4. The summed E-state index contributed by atoms with van der Waals surface area (Å²) >= 11 is 5.82. The Morgan fingerprint density at radius 3 is 2.45 bits per heavy atom. The van der Waals surface area contributed by atoms with Crippen molar-refractivity contribution < 1.29 is 9.59 Å². The molecule has 2 rings (SSSR count). The van der Waals surface area contributed by atoms with Gasteiger partial charge in [0.25, 0.3) is 5.91 Å². The van der Waals surface area contributed by atoms with E-state index in [4.69, 9.17) is 11.6 Å². The number of anilines is 1. The maximum Gasteiger partial charge on any atom is 0.251 e. The van der Waals surface area contributed by atoms with Gasteiger partial charge in [-0.1, -0.05) is 18.5 Å². The fourth-order valence-electron chi connectivity index (χ4n) is 2.18. The minimum Gasteiger partial charge on any atom is -0.300 e. The molecule has 0 aliphatic carbocycles. The Kier molecular flexibility index (Phi) is 4.16. The first-order chi connectivity index (χ1) is 9.34. The Bertz CT molecular complexity index is 525. The lowest BCUT2D eigenvalue weighted by Crippen LogP contribution is -2.49. The summed E-state index contributed by atoms with van der Waals surface area (Å²) in [5.74, 6) is -0.374. The zero-order valence-electron chi connectivity index (χ0n) is 11.9. The van der Waals surface area contributed by atoms with Crippen molar-refractivity contribution in [1.29, 1.82) is 0 Å². The molecule has 1 fully saturated rings. The zero-order chi connectivity index (χ0) is 14.9. The van der Waals surface area contributed by atoms with E-state index in [9.17, 15) is 9.59 Å². The molecule has 20 heavy (non-hydrogen) atoms. The van der Waals surface area contributed by atoms with Crippen LogP contribution in [0.1, 0.15) is 33.6 Å². The lowest BCUT2D eigenvalue weighted by Gasteiger charge is -2.27. The molecular weight excluding hydrogens is 276 g/mol. The average molecular weight is 295 g/mol. The van der Waals surface area contributed by atoms with Crippen LogP contribution in [0, 0.1) is 0 Å². The van der Waals surface area contributed by atoms with Crippen LogP contribution in [0.2, 0.25) is 5.02 Å². The van der Waals surface area contributed by atoms with Gasteiger partial charge in [0.1, 0.15) is 0 Å². The highest BCUT2D eigenvalue weighted by atomic mass is 35.5. The number of carbonyl (C=O) groups is 2. The first kappa shape index (κ1) is 15.0. The highest BCUT2D eigenvalue weighted by Crippen LogP contribution is 2.25.